The molecule has 17 heavy (non-hydrogen) atoms. The maximum Gasteiger partial charge on any atom is 0.241 e. The van der Waals surface area contributed by atoms with Gasteiger partial charge >= 0.3 is 0 Å². The van der Waals surface area contributed by atoms with Crippen LogP contribution in [-0.2, 0) is 4.79 Å². The molecule has 3 nitrogen and oxygen atoms in total. The lowest BCUT2D eigenvalue weighted by molar-refractivity contribution is -0.118. The molecule has 0 saturated heterocycles. The first-order valence-electron chi connectivity index (χ1n) is 5.91. The molecule has 1 unspecified atom stereocenters. The van der Waals surface area contributed by atoms with Crippen LogP contribution in [0.3, 0.4) is 0 Å². The van der Waals surface area contributed by atoms with E-state index >= 15 is 0 Å². The highest BCUT2D eigenvalue weighted by Crippen LogP contribution is 2.10. The second-order valence-electron chi connectivity index (χ2n) is 3.98. The lowest BCUT2D eigenvalue weighted by Gasteiger charge is -2.15. The summed E-state index contributed by atoms with van der Waals surface area (Å²) in [6, 6.07) is 5.58. The van der Waals surface area contributed by atoms with E-state index in [1.165, 1.54) is 12.1 Å². The largest absolute Gasteiger partial charge is 0.325 e. The third-order valence-electron chi connectivity index (χ3n) is 2.62. The molecule has 0 aliphatic rings. The monoisotopic (exact) mass is 238 g/mol. The molecule has 0 bridgehead atoms. The van der Waals surface area contributed by atoms with E-state index in [1.54, 1.807) is 19.2 Å². The number of likely N-dealkylation sites (N-methyl/N-ethyl adjacent to an activating group) is 1. The molecule has 1 aromatic carbocycles. The Hall–Kier alpha value is -1.42. The summed E-state index contributed by atoms with van der Waals surface area (Å²) in [5, 5.41) is 5.74. The Morgan fingerprint density at radius 1 is 1.35 bits per heavy atom. The molecule has 0 aliphatic carbocycles. The molecule has 1 amide bonds. The van der Waals surface area contributed by atoms with Gasteiger partial charge in [-0.3, -0.25) is 4.79 Å². The number of halogens is 1. The fourth-order valence-corrected chi connectivity index (χ4v) is 1.58. The highest BCUT2D eigenvalue weighted by Gasteiger charge is 2.15. The summed E-state index contributed by atoms with van der Waals surface area (Å²) in [6.07, 6.45) is 2.87. The third-order valence-corrected chi connectivity index (χ3v) is 2.62. The Bertz CT molecular complexity index is 351. The van der Waals surface area contributed by atoms with Gasteiger partial charge in [-0.1, -0.05) is 19.8 Å². The normalized spacial score (nSPS) is 12.2. The lowest BCUT2D eigenvalue weighted by Crippen LogP contribution is -2.38. The number of carbonyl (C=O) groups is 1. The van der Waals surface area contributed by atoms with Crippen LogP contribution in [0.25, 0.3) is 0 Å². The minimum absolute atomic E-state index is 0.0763. The van der Waals surface area contributed by atoms with Gasteiger partial charge in [-0.25, -0.2) is 4.39 Å². The topological polar surface area (TPSA) is 41.1 Å². The number of nitrogens with one attached hydrogen (secondary N) is 2. The van der Waals surface area contributed by atoms with Crippen LogP contribution in [0.1, 0.15) is 26.2 Å². The van der Waals surface area contributed by atoms with Crippen molar-refractivity contribution >= 4 is 11.6 Å². The number of carbonyl (C=O) groups excluding carboxylic acids is 1. The van der Waals surface area contributed by atoms with Crippen molar-refractivity contribution in [2.75, 3.05) is 12.4 Å². The number of unbranched alkanes of at least 4 members (excludes halogenated alkanes) is 1. The van der Waals surface area contributed by atoms with Crippen LogP contribution in [0, 0.1) is 5.82 Å². The summed E-state index contributed by atoms with van der Waals surface area (Å²) in [4.78, 5) is 11.9. The Morgan fingerprint density at radius 2 is 2.00 bits per heavy atom. The zero-order chi connectivity index (χ0) is 12.7. The van der Waals surface area contributed by atoms with Crippen molar-refractivity contribution in [1.82, 2.24) is 5.32 Å². The molecule has 0 aromatic heterocycles. The summed E-state index contributed by atoms with van der Waals surface area (Å²) in [7, 11) is 1.77. The van der Waals surface area contributed by atoms with Crippen molar-refractivity contribution in [3.05, 3.63) is 30.1 Å². The molecular formula is C13H19FN2O. The van der Waals surface area contributed by atoms with Crippen molar-refractivity contribution in [2.24, 2.45) is 0 Å². The average molecular weight is 238 g/mol. The molecule has 1 atom stereocenters. The maximum atomic E-state index is 12.7. The van der Waals surface area contributed by atoms with Crippen LogP contribution in [0.5, 0.6) is 0 Å². The number of benzene rings is 1. The summed E-state index contributed by atoms with van der Waals surface area (Å²) in [5.74, 6) is -0.383. The Labute approximate surface area is 101 Å². The van der Waals surface area contributed by atoms with Crippen LogP contribution in [-0.4, -0.2) is 19.0 Å². The fraction of sp³-hybridized carbons (Fsp3) is 0.462. The zero-order valence-corrected chi connectivity index (χ0v) is 10.3. The first-order chi connectivity index (χ1) is 8.17. The van der Waals surface area contributed by atoms with E-state index in [4.69, 9.17) is 0 Å². The van der Waals surface area contributed by atoms with Crippen molar-refractivity contribution < 1.29 is 9.18 Å². The van der Waals surface area contributed by atoms with Crippen LogP contribution in [0.4, 0.5) is 10.1 Å². The van der Waals surface area contributed by atoms with Crippen molar-refractivity contribution in [3.8, 4) is 0 Å². The molecule has 0 aliphatic heterocycles. The predicted octanol–water partition coefficient (Wildman–Crippen LogP) is 2.54. The van der Waals surface area contributed by atoms with E-state index in [0.29, 0.717) is 5.69 Å². The van der Waals surface area contributed by atoms with Gasteiger partial charge in [0.1, 0.15) is 5.82 Å². The average Bonchev–Trinajstić information content (AvgIpc) is 2.33. The van der Waals surface area contributed by atoms with Crippen LogP contribution < -0.4 is 10.6 Å². The second-order valence-corrected chi connectivity index (χ2v) is 3.98. The van der Waals surface area contributed by atoms with Gasteiger partial charge in [-0.15, -0.1) is 0 Å². The molecule has 0 spiro atoms. The zero-order valence-electron chi connectivity index (χ0n) is 10.3. The highest BCUT2D eigenvalue weighted by atomic mass is 19.1. The lowest BCUT2D eigenvalue weighted by atomic mass is 10.1. The highest BCUT2D eigenvalue weighted by molar-refractivity contribution is 5.94. The third kappa shape index (κ3) is 4.53. The van der Waals surface area contributed by atoms with Gasteiger partial charge < -0.3 is 10.6 Å². The van der Waals surface area contributed by atoms with E-state index in [9.17, 15) is 9.18 Å². The van der Waals surface area contributed by atoms with Gasteiger partial charge in [0.2, 0.25) is 5.91 Å². The summed E-state index contributed by atoms with van der Waals surface area (Å²) < 4.78 is 12.7. The van der Waals surface area contributed by atoms with Gasteiger partial charge in [-0.2, -0.15) is 0 Å². The van der Waals surface area contributed by atoms with E-state index in [-0.39, 0.29) is 17.8 Å². The molecule has 0 saturated carbocycles. The van der Waals surface area contributed by atoms with Gasteiger partial charge in [0.15, 0.2) is 0 Å². The summed E-state index contributed by atoms with van der Waals surface area (Å²) >= 11 is 0. The molecule has 1 aromatic rings. The van der Waals surface area contributed by atoms with Crippen LogP contribution >= 0.6 is 0 Å². The number of amides is 1. The number of rotatable bonds is 6. The van der Waals surface area contributed by atoms with E-state index in [0.717, 1.165) is 19.3 Å². The predicted molar refractivity (Wildman–Crippen MR) is 67.4 cm³/mol. The van der Waals surface area contributed by atoms with E-state index in [2.05, 4.69) is 17.6 Å². The minimum Gasteiger partial charge on any atom is -0.325 e. The molecule has 2 N–H and O–H groups in total. The van der Waals surface area contributed by atoms with Gasteiger partial charge in [0, 0.05) is 5.69 Å². The maximum absolute atomic E-state index is 12.7. The second kappa shape index (κ2) is 7.01. The summed E-state index contributed by atoms with van der Waals surface area (Å²) in [5.41, 5.74) is 0.619. The first kappa shape index (κ1) is 13.6. The summed E-state index contributed by atoms with van der Waals surface area (Å²) in [6.45, 7) is 2.09. The van der Waals surface area contributed by atoms with E-state index < -0.39 is 0 Å². The van der Waals surface area contributed by atoms with Crippen molar-refractivity contribution in [2.45, 2.75) is 32.2 Å². The molecule has 94 valence electrons. The standard InChI is InChI=1S/C13H19FN2O/c1-3-4-5-12(15-2)13(17)16-11-8-6-10(14)7-9-11/h6-9,12,15H,3-5H2,1-2H3,(H,16,17). The van der Waals surface area contributed by atoms with Crippen LogP contribution in [0.2, 0.25) is 0 Å². The molecular weight excluding hydrogens is 219 g/mol. The Balaban J connectivity index is 2.54. The number of anilines is 1. The fourth-order valence-electron chi connectivity index (χ4n) is 1.58. The minimum atomic E-state index is -0.306. The number of hydrogen-bond acceptors (Lipinski definition) is 2. The molecule has 1 rings (SSSR count). The van der Waals surface area contributed by atoms with Gasteiger partial charge in [0.25, 0.3) is 0 Å². The first-order valence-corrected chi connectivity index (χ1v) is 5.91. The van der Waals surface area contributed by atoms with Crippen LogP contribution in [0.15, 0.2) is 24.3 Å². The Morgan fingerprint density at radius 3 is 2.53 bits per heavy atom. The van der Waals surface area contributed by atoms with Crippen molar-refractivity contribution in [3.63, 3.8) is 0 Å². The quantitative estimate of drug-likeness (QED) is 0.799. The van der Waals surface area contributed by atoms with Gasteiger partial charge in [0.05, 0.1) is 6.04 Å². The van der Waals surface area contributed by atoms with E-state index in [1.807, 2.05) is 0 Å². The number of hydrogen-bond donors (Lipinski definition) is 2. The molecule has 4 heteroatoms. The smallest absolute Gasteiger partial charge is 0.241 e. The van der Waals surface area contributed by atoms with Crippen molar-refractivity contribution in [1.29, 1.82) is 0 Å². The SMILES string of the molecule is CCCCC(NC)C(=O)Nc1ccc(F)cc1. The molecule has 0 fully saturated rings. The Kier molecular flexibility index (Phi) is 5.63. The molecule has 0 radical (unpaired) electrons. The van der Waals surface area contributed by atoms with Gasteiger partial charge in [-0.05, 0) is 37.7 Å². The molecule has 0 heterocycles.